The van der Waals surface area contributed by atoms with Crippen LogP contribution >= 0.6 is 0 Å². The lowest BCUT2D eigenvalue weighted by Gasteiger charge is -2.02. The van der Waals surface area contributed by atoms with E-state index in [0.29, 0.717) is 11.4 Å². The molecule has 0 radical (unpaired) electrons. The monoisotopic (exact) mass is 269 g/mol. The van der Waals surface area contributed by atoms with Crippen LogP contribution in [0, 0.1) is 0 Å². The molecule has 20 heavy (non-hydrogen) atoms. The van der Waals surface area contributed by atoms with Crippen LogP contribution in [0.2, 0.25) is 0 Å². The maximum atomic E-state index is 10.4. The summed E-state index contributed by atoms with van der Waals surface area (Å²) in [6.07, 6.45) is 0. The Morgan fingerprint density at radius 2 is 1.55 bits per heavy atom. The van der Waals surface area contributed by atoms with Crippen LogP contribution in [0.3, 0.4) is 0 Å². The molecule has 0 spiro atoms. The molecular formula is C16H15NO3. The van der Waals surface area contributed by atoms with E-state index < -0.39 is 0 Å². The van der Waals surface area contributed by atoms with E-state index in [-0.39, 0.29) is 5.75 Å². The molecule has 0 saturated heterocycles. The van der Waals surface area contributed by atoms with Gasteiger partial charge in [0.25, 0.3) is 0 Å². The summed E-state index contributed by atoms with van der Waals surface area (Å²) in [6.45, 7) is 0. The number of ether oxygens (including phenoxy) is 2. The second-order valence-corrected chi connectivity index (χ2v) is 4.49. The summed E-state index contributed by atoms with van der Waals surface area (Å²) in [5.74, 6) is 1.73. The lowest BCUT2D eigenvalue weighted by molar-refractivity contribution is 0.415. The van der Waals surface area contributed by atoms with E-state index in [1.165, 1.54) is 0 Å². The van der Waals surface area contributed by atoms with Gasteiger partial charge < -0.3 is 19.6 Å². The summed E-state index contributed by atoms with van der Waals surface area (Å²) in [4.78, 5) is 3.22. The molecule has 0 fully saturated rings. The summed E-state index contributed by atoms with van der Waals surface area (Å²) >= 11 is 0. The Morgan fingerprint density at radius 1 is 0.900 bits per heavy atom. The largest absolute Gasteiger partial charge is 0.505 e. The second kappa shape index (κ2) is 4.81. The normalized spacial score (nSPS) is 10.7. The Kier molecular flexibility index (Phi) is 2.99. The molecule has 3 aromatic rings. The molecule has 0 atom stereocenters. The van der Waals surface area contributed by atoms with Crippen molar-refractivity contribution in [3.63, 3.8) is 0 Å². The van der Waals surface area contributed by atoms with Crippen molar-refractivity contribution in [2.75, 3.05) is 14.2 Å². The molecule has 0 aliphatic rings. The third kappa shape index (κ3) is 1.95. The highest BCUT2D eigenvalue weighted by molar-refractivity contribution is 5.94. The fourth-order valence-corrected chi connectivity index (χ4v) is 2.25. The van der Waals surface area contributed by atoms with Gasteiger partial charge in [-0.25, -0.2) is 0 Å². The van der Waals surface area contributed by atoms with Gasteiger partial charge in [-0.1, -0.05) is 0 Å². The van der Waals surface area contributed by atoms with Crippen molar-refractivity contribution in [2.24, 2.45) is 0 Å². The fraction of sp³-hybridized carbons (Fsp3) is 0.125. The molecule has 0 aliphatic carbocycles. The Morgan fingerprint density at radius 3 is 2.20 bits per heavy atom. The summed E-state index contributed by atoms with van der Waals surface area (Å²) < 4.78 is 10.3. The van der Waals surface area contributed by atoms with Gasteiger partial charge in [0.15, 0.2) is 0 Å². The van der Waals surface area contributed by atoms with Crippen LogP contribution in [-0.2, 0) is 0 Å². The maximum Gasteiger partial charge on any atom is 0.149 e. The van der Waals surface area contributed by atoms with Crippen molar-refractivity contribution in [1.29, 1.82) is 0 Å². The smallest absolute Gasteiger partial charge is 0.149 e. The van der Waals surface area contributed by atoms with Crippen LogP contribution in [0.4, 0.5) is 0 Å². The predicted octanol–water partition coefficient (Wildman–Crippen LogP) is 3.56. The highest BCUT2D eigenvalue weighted by Gasteiger charge is 2.12. The van der Waals surface area contributed by atoms with E-state index in [2.05, 4.69) is 4.98 Å². The highest BCUT2D eigenvalue weighted by Crippen LogP contribution is 2.37. The lowest BCUT2D eigenvalue weighted by atomic mass is 10.1. The molecule has 0 unspecified atom stereocenters. The summed E-state index contributed by atoms with van der Waals surface area (Å²) in [7, 11) is 3.23. The number of hydrogen-bond acceptors (Lipinski definition) is 3. The number of aromatic hydroxyl groups is 1. The van der Waals surface area contributed by atoms with Crippen LogP contribution in [0.1, 0.15) is 0 Å². The SMILES string of the molecule is COc1ccc(-c2[nH]c3ccc(OC)cc3c2O)cc1. The lowest BCUT2D eigenvalue weighted by Crippen LogP contribution is -1.82. The first kappa shape index (κ1) is 12.4. The average molecular weight is 269 g/mol. The molecule has 0 amide bonds. The van der Waals surface area contributed by atoms with Crippen molar-refractivity contribution in [2.45, 2.75) is 0 Å². The number of aromatic amines is 1. The average Bonchev–Trinajstić information content (AvgIpc) is 2.84. The minimum Gasteiger partial charge on any atom is -0.505 e. The van der Waals surface area contributed by atoms with Crippen molar-refractivity contribution in [3.8, 4) is 28.5 Å². The van der Waals surface area contributed by atoms with Crippen molar-refractivity contribution in [3.05, 3.63) is 42.5 Å². The zero-order chi connectivity index (χ0) is 14.1. The highest BCUT2D eigenvalue weighted by atomic mass is 16.5. The van der Waals surface area contributed by atoms with Gasteiger partial charge in [0.05, 0.1) is 19.9 Å². The third-order valence-corrected chi connectivity index (χ3v) is 3.36. The topological polar surface area (TPSA) is 54.5 Å². The van der Waals surface area contributed by atoms with Gasteiger partial charge in [0.1, 0.15) is 17.2 Å². The van der Waals surface area contributed by atoms with E-state index in [0.717, 1.165) is 22.2 Å². The van der Waals surface area contributed by atoms with E-state index in [9.17, 15) is 5.11 Å². The first-order valence-corrected chi connectivity index (χ1v) is 6.26. The molecule has 1 aromatic heterocycles. The fourth-order valence-electron chi connectivity index (χ4n) is 2.25. The zero-order valence-corrected chi connectivity index (χ0v) is 11.3. The second-order valence-electron chi connectivity index (χ2n) is 4.49. The van der Waals surface area contributed by atoms with E-state index in [1.54, 1.807) is 14.2 Å². The number of rotatable bonds is 3. The number of hydrogen-bond donors (Lipinski definition) is 2. The molecule has 4 nitrogen and oxygen atoms in total. The van der Waals surface area contributed by atoms with Crippen LogP contribution in [0.5, 0.6) is 17.2 Å². The van der Waals surface area contributed by atoms with Crippen LogP contribution in [0.25, 0.3) is 22.2 Å². The van der Waals surface area contributed by atoms with E-state index in [4.69, 9.17) is 9.47 Å². The molecule has 0 aliphatic heterocycles. The Balaban J connectivity index is 2.13. The Labute approximate surface area is 116 Å². The third-order valence-electron chi connectivity index (χ3n) is 3.36. The van der Waals surface area contributed by atoms with Gasteiger partial charge in [-0.05, 0) is 42.5 Å². The summed E-state index contributed by atoms with van der Waals surface area (Å²) in [6, 6.07) is 13.1. The van der Waals surface area contributed by atoms with Gasteiger partial charge in [0, 0.05) is 16.5 Å². The van der Waals surface area contributed by atoms with Gasteiger partial charge in [-0.3, -0.25) is 0 Å². The molecule has 0 bridgehead atoms. The summed E-state index contributed by atoms with van der Waals surface area (Å²) in [5, 5.41) is 11.1. The van der Waals surface area contributed by atoms with E-state index in [1.807, 2.05) is 42.5 Å². The Hall–Kier alpha value is -2.62. The molecule has 1 heterocycles. The molecule has 3 rings (SSSR count). The maximum absolute atomic E-state index is 10.4. The summed E-state index contributed by atoms with van der Waals surface area (Å²) in [5.41, 5.74) is 2.46. The number of fused-ring (bicyclic) bond motifs is 1. The standard InChI is InChI=1S/C16H15NO3/c1-19-11-5-3-10(4-6-11)15-16(18)13-9-12(20-2)7-8-14(13)17-15/h3-9,17-18H,1-2H3. The minimum atomic E-state index is 0.226. The number of nitrogens with one attached hydrogen (secondary N) is 1. The molecule has 4 heteroatoms. The predicted molar refractivity (Wildman–Crippen MR) is 78.5 cm³/mol. The quantitative estimate of drug-likeness (QED) is 0.764. The number of aromatic nitrogens is 1. The van der Waals surface area contributed by atoms with Gasteiger partial charge in [-0.15, -0.1) is 0 Å². The minimum absolute atomic E-state index is 0.226. The zero-order valence-electron chi connectivity index (χ0n) is 11.3. The molecule has 0 saturated carbocycles. The van der Waals surface area contributed by atoms with Gasteiger partial charge in [0.2, 0.25) is 0 Å². The molecule has 2 N–H and O–H groups in total. The van der Waals surface area contributed by atoms with Crippen molar-refractivity contribution >= 4 is 10.9 Å². The van der Waals surface area contributed by atoms with Crippen LogP contribution < -0.4 is 9.47 Å². The Bertz CT molecular complexity index is 744. The molecule has 2 aromatic carbocycles. The van der Waals surface area contributed by atoms with Crippen LogP contribution in [0.15, 0.2) is 42.5 Å². The van der Waals surface area contributed by atoms with Crippen molar-refractivity contribution < 1.29 is 14.6 Å². The van der Waals surface area contributed by atoms with E-state index >= 15 is 0 Å². The first-order chi connectivity index (χ1) is 9.72. The van der Waals surface area contributed by atoms with Crippen LogP contribution in [-0.4, -0.2) is 24.3 Å². The van der Waals surface area contributed by atoms with Gasteiger partial charge in [-0.2, -0.15) is 0 Å². The van der Waals surface area contributed by atoms with Gasteiger partial charge >= 0.3 is 0 Å². The molecular weight excluding hydrogens is 254 g/mol. The number of methoxy groups -OCH3 is 2. The number of H-pyrrole nitrogens is 1. The first-order valence-electron chi connectivity index (χ1n) is 6.26. The number of benzene rings is 2. The molecule has 102 valence electrons. The van der Waals surface area contributed by atoms with Crippen molar-refractivity contribution in [1.82, 2.24) is 4.98 Å².